The average molecular weight is 457 g/mol. The molecule has 0 aromatic heterocycles. The Hall–Kier alpha value is -3.40. The first-order valence-corrected chi connectivity index (χ1v) is 12.1. The number of hydrogen-bond acceptors (Lipinski definition) is 4. The molecular formula is C30H36N2O2. The summed E-state index contributed by atoms with van der Waals surface area (Å²) in [5.41, 5.74) is 7.17. The number of benzene rings is 3. The van der Waals surface area contributed by atoms with Crippen molar-refractivity contribution < 1.29 is 10.2 Å². The van der Waals surface area contributed by atoms with E-state index >= 15 is 0 Å². The summed E-state index contributed by atoms with van der Waals surface area (Å²) in [6.07, 6.45) is 5.23. The quantitative estimate of drug-likeness (QED) is 0.338. The largest absolute Gasteiger partial charge is 0.507 e. The highest BCUT2D eigenvalue weighted by atomic mass is 16.3. The standard InChI is InChI=1S/C30H36N2O2/c1-7-21-12-23(29(33)27(14-21)19(3)4)17-31-25-10-9-11-26(16-25)32-18-24-13-22(8-2)15-28(20(5)6)30(24)34/h9-20,33-34H,7-8H2,1-6H3. The minimum Gasteiger partial charge on any atom is -0.507 e. The van der Waals surface area contributed by atoms with E-state index in [-0.39, 0.29) is 23.3 Å². The van der Waals surface area contributed by atoms with Crippen molar-refractivity contribution >= 4 is 23.8 Å². The van der Waals surface area contributed by atoms with E-state index in [0.29, 0.717) is 0 Å². The minimum atomic E-state index is 0.232. The van der Waals surface area contributed by atoms with E-state index < -0.39 is 0 Å². The second-order valence-corrected chi connectivity index (χ2v) is 9.30. The highest BCUT2D eigenvalue weighted by molar-refractivity contribution is 5.88. The van der Waals surface area contributed by atoms with Crippen molar-refractivity contribution in [1.82, 2.24) is 0 Å². The molecule has 0 unspecified atom stereocenters. The second-order valence-electron chi connectivity index (χ2n) is 9.30. The summed E-state index contributed by atoms with van der Waals surface area (Å²) in [5, 5.41) is 21.4. The van der Waals surface area contributed by atoms with Crippen molar-refractivity contribution in [3.63, 3.8) is 0 Å². The van der Waals surface area contributed by atoms with Crippen LogP contribution >= 0.6 is 0 Å². The number of nitrogens with zero attached hydrogens (tertiary/aromatic N) is 2. The first-order chi connectivity index (χ1) is 16.2. The molecule has 0 saturated carbocycles. The van der Waals surface area contributed by atoms with Gasteiger partial charge < -0.3 is 10.2 Å². The Morgan fingerprint density at radius 3 is 1.44 bits per heavy atom. The molecule has 3 aromatic rings. The Kier molecular flexibility index (Phi) is 8.27. The van der Waals surface area contributed by atoms with E-state index in [0.717, 1.165) is 46.5 Å². The van der Waals surface area contributed by atoms with Crippen LogP contribution in [0.2, 0.25) is 0 Å². The van der Waals surface area contributed by atoms with Gasteiger partial charge in [-0.25, -0.2) is 0 Å². The summed E-state index contributed by atoms with van der Waals surface area (Å²) in [4.78, 5) is 9.21. The van der Waals surface area contributed by atoms with Gasteiger partial charge >= 0.3 is 0 Å². The Labute approximate surface area is 203 Å². The Morgan fingerprint density at radius 2 is 1.09 bits per heavy atom. The number of aliphatic imine (C=N–C) groups is 2. The van der Waals surface area contributed by atoms with Gasteiger partial charge in [0.2, 0.25) is 0 Å². The minimum absolute atomic E-state index is 0.232. The van der Waals surface area contributed by atoms with Gasteiger partial charge in [0.25, 0.3) is 0 Å². The highest BCUT2D eigenvalue weighted by Crippen LogP contribution is 2.32. The number of rotatable bonds is 8. The van der Waals surface area contributed by atoms with Gasteiger partial charge in [-0.2, -0.15) is 0 Å². The molecule has 0 fully saturated rings. The van der Waals surface area contributed by atoms with Gasteiger partial charge in [-0.05, 0) is 77.3 Å². The predicted molar refractivity (Wildman–Crippen MR) is 144 cm³/mol. The van der Waals surface area contributed by atoms with E-state index in [4.69, 9.17) is 0 Å². The molecule has 0 aliphatic carbocycles. The molecular weight excluding hydrogens is 420 g/mol. The second kappa shape index (κ2) is 11.1. The predicted octanol–water partition coefficient (Wildman–Crippen LogP) is 7.97. The summed E-state index contributed by atoms with van der Waals surface area (Å²) in [6.45, 7) is 12.5. The molecule has 0 saturated heterocycles. The Bertz CT molecular complexity index is 1120. The van der Waals surface area contributed by atoms with Gasteiger partial charge in [0.05, 0.1) is 11.4 Å². The first kappa shape index (κ1) is 25.2. The number of aromatic hydroxyl groups is 2. The molecule has 0 aliphatic heterocycles. The molecule has 2 N–H and O–H groups in total. The normalized spacial score (nSPS) is 12.0. The third-order valence-corrected chi connectivity index (χ3v) is 6.05. The van der Waals surface area contributed by atoms with E-state index in [1.165, 1.54) is 11.1 Å². The van der Waals surface area contributed by atoms with Gasteiger partial charge in [-0.1, -0.05) is 59.7 Å². The van der Waals surface area contributed by atoms with Gasteiger partial charge in [0.15, 0.2) is 0 Å². The third kappa shape index (κ3) is 5.93. The van der Waals surface area contributed by atoms with Crippen LogP contribution in [0.3, 0.4) is 0 Å². The van der Waals surface area contributed by atoms with Crippen LogP contribution in [0, 0.1) is 0 Å². The molecule has 0 spiro atoms. The summed E-state index contributed by atoms with van der Waals surface area (Å²) in [7, 11) is 0. The van der Waals surface area contributed by atoms with Crippen LogP contribution in [0.5, 0.6) is 11.5 Å². The van der Waals surface area contributed by atoms with Crippen molar-refractivity contribution in [1.29, 1.82) is 0 Å². The Morgan fingerprint density at radius 1 is 0.676 bits per heavy atom. The zero-order valence-electron chi connectivity index (χ0n) is 21.1. The van der Waals surface area contributed by atoms with Crippen LogP contribution in [0.1, 0.15) is 86.8 Å². The van der Waals surface area contributed by atoms with Crippen LogP contribution < -0.4 is 0 Å². The van der Waals surface area contributed by atoms with E-state index in [1.54, 1.807) is 12.4 Å². The summed E-state index contributed by atoms with van der Waals surface area (Å²) in [6, 6.07) is 15.7. The number of phenols is 2. The fourth-order valence-corrected chi connectivity index (χ4v) is 3.92. The van der Waals surface area contributed by atoms with Gasteiger partial charge in [0, 0.05) is 23.6 Å². The van der Waals surface area contributed by atoms with Crippen LogP contribution in [0.4, 0.5) is 11.4 Å². The maximum atomic E-state index is 10.7. The van der Waals surface area contributed by atoms with E-state index in [9.17, 15) is 10.2 Å². The average Bonchev–Trinajstić information content (AvgIpc) is 2.82. The maximum absolute atomic E-state index is 10.7. The monoisotopic (exact) mass is 456 g/mol. The lowest BCUT2D eigenvalue weighted by Gasteiger charge is -2.13. The van der Waals surface area contributed by atoms with Crippen LogP contribution in [0.25, 0.3) is 0 Å². The molecule has 0 bridgehead atoms. The zero-order chi connectivity index (χ0) is 24.8. The molecule has 178 valence electrons. The van der Waals surface area contributed by atoms with Gasteiger partial charge in [-0.3, -0.25) is 9.98 Å². The molecule has 0 aliphatic rings. The van der Waals surface area contributed by atoms with Crippen molar-refractivity contribution in [2.75, 3.05) is 0 Å². The molecule has 3 aromatic carbocycles. The SMILES string of the molecule is CCc1cc(C=Nc2cccc(N=Cc3cc(CC)cc(C(C)C)c3O)c2)c(O)c(C(C)C)c1. The maximum Gasteiger partial charge on any atom is 0.127 e. The van der Waals surface area contributed by atoms with Crippen molar-refractivity contribution in [3.05, 3.63) is 81.9 Å². The lowest BCUT2D eigenvalue weighted by molar-refractivity contribution is 0.463. The molecule has 0 radical (unpaired) electrons. The molecule has 0 atom stereocenters. The van der Waals surface area contributed by atoms with E-state index in [2.05, 4.69) is 63.7 Å². The smallest absolute Gasteiger partial charge is 0.127 e. The zero-order valence-corrected chi connectivity index (χ0v) is 21.1. The fourth-order valence-electron chi connectivity index (χ4n) is 3.92. The number of aryl methyl sites for hydroxylation is 2. The Balaban J connectivity index is 1.90. The van der Waals surface area contributed by atoms with Crippen molar-refractivity contribution in [2.24, 2.45) is 9.98 Å². The highest BCUT2D eigenvalue weighted by Gasteiger charge is 2.12. The van der Waals surface area contributed by atoms with Crippen LogP contribution in [0.15, 0.2) is 58.5 Å². The van der Waals surface area contributed by atoms with Crippen molar-refractivity contribution in [2.45, 2.75) is 66.2 Å². The third-order valence-electron chi connectivity index (χ3n) is 6.05. The lowest BCUT2D eigenvalue weighted by Crippen LogP contribution is -1.96. The van der Waals surface area contributed by atoms with E-state index in [1.807, 2.05) is 36.4 Å². The molecule has 4 nitrogen and oxygen atoms in total. The summed E-state index contributed by atoms with van der Waals surface area (Å²) < 4.78 is 0. The molecule has 4 heteroatoms. The molecule has 3 rings (SSSR count). The molecule has 34 heavy (non-hydrogen) atoms. The number of hydrogen-bond donors (Lipinski definition) is 2. The topological polar surface area (TPSA) is 65.2 Å². The number of phenolic OH excluding ortho intramolecular Hbond substituents is 2. The van der Waals surface area contributed by atoms with Crippen LogP contribution in [-0.2, 0) is 12.8 Å². The van der Waals surface area contributed by atoms with Gasteiger partial charge in [-0.15, -0.1) is 0 Å². The van der Waals surface area contributed by atoms with Gasteiger partial charge in [0.1, 0.15) is 11.5 Å². The summed E-state index contributed by atoms with van der Waals surface area (Å²) in [5.74, 6) is 1.04. The summed E-state index contributed by atoms with van der Waals surface area (Å²) >= 11 is 0. The fraction of sp³-hybridized carbons (Fsp3) is 0.333. The lowest BCUT2D eigenvalue weighted by atomic mass is 9.95. The van der Waals surface area contributed by atoms with Crippen LogP contribution in [-0.4, -0.2) is 22.6 Å². The van der Waals surface area contributed by atoms with Crippen molar-refractivity contribution in [3.8, 4) is 11.5 Å². The first-order valence-electron chi connectivity index (χ1n) is 12.1. The molecule has 0 amide bonds. The molecule has 0 heterocycles.